The lowest BCUT2D eigenvalue weighted by molar-refractivity contribution is -0.177. The van der Waals surface area contributed by atoms with Gasteiger partial charge in [0.05, 0.1) is 17.7 Å². The molecule has 3 rings (SSSR count). The summed E-state index contributed by atoms with van der Waals surface area (Å²) in [5.41, 5.74) is 0.819. The second-order valence-electron chi connectivity index (χ2n) is 5.79. The maximum atomic E-state index is 11.8. The normalized spacial score (nSPS) is 30.3. The first kappa shape index (κ1) is 12.9. The predicted octanol–water partition coefficient (Wildman–Crippen LogP) is 1.67. The van der Waals surface area contributed by atoms with Gasteiger partial charge in [0.25, 0.3) is 0 Å². The van der Waals surface area contributed by atoms with E-state index in [9.17, 15) is 4.79 Å². The van der Waals surface area contributed by atoms with Gasteiger partial charge < -0.3 is 9.47 Å². The summed E-state index contributed by atoms with van der Waals surface area (Å²) in [4.78, 5) is 11.8. The van der Waals surface area contributed by atoms with Crippen molar-refractivity contribution in [2.75, 3.05) is 0 Å². The SMILES string of the molecule is C[C@@H]1N[C@H]2c3cc(C#N)ccc3OC(C)(C)[C@@H]2OC1=O. The van der Waals surface area contributed by atoms with Crippen molar-refractivity contribution in [3.63, 3.8) is 0 Å². The molecule has 5 nitrogen and oxygen atoms in total. The van der Waals surface area contributed by atoms with Crippen LogP contribution in [-0.4, -0.2) is 23.7 Å². The zero-order valence-corrected chi connectivity index (χ0v) is 11.6. The van der Waals surface area contributed by atoms with Crippen molar-refractivity contribution < 1.29 is 14.3 Å². The van der Waals surface area contributed by atoms with Crippen molar-refractivity contribution in [3.05, 3.63) is 29.3 Å². The molecule has 0 unspecified atom stereocenters. The predicted molar refractivity (Wildman–Crippen MR) is 71.1 cm³/mol. The molecule has 1 saturated heterocycles. The third-order valence-electron chi connectivity index (χ3n) is 3.86. The Labute approximate surface area is 117 Å². The van der Waals surface area contributed by atoms with Gasteiger partial charge >= 0.3 is 5.97 Å². The Morgan fingerprint density at radius 2 is 2.15 bits per heavy atom. The lowest BCUT2D eigenvalue weighted by Crippen LogP contribution is -2.61. The summed E-state index contributed by atoms with van der Waals surface area (Å²) in [6.45, 7) is 5.57. The molecule has 0 radical (unpaired) electrons. The van der Waals surface area contributed by atoms with Crippen LogP contribution < -0.4 is 10.1 Å². The van der Waals surface area contributed by atoms with Crippen LogP contribution in [0.15, 0.2) is 18.2 Å². The van der Waals surface area contributed by atoms with E-state index in [1.807, 2.05) is 13.8 Å². The topological polar surface area (TPSA) is 71.3 Å². The molecule has 2 aliphatic heterocycles. The number of hydrogen-bond donors (Lipinski definition) is 1. The summed E-state index contributed by atoms with van der Waals surface area (Å²) >= 11 is 0. The Hall–Kier alpha value is -2.06. The van der Waals surface area contributed by atoms with Gasteiger partial charge in [0.1, 0.15) is 17.4 Å². The lowest BCUT2D eigenvalue weighted by atomic mass is 9.84. The molecule has 0 amide bonds. The number of morpholine rings is 1. The molecule has 0 aliphatic carbocycles. The summed E-state index contributed by atoms with van der Waals surface area (Å²) in [7, 11) is 0. The number of hydrogen-bond acceptors (Lipinski definition) is 5. The fraction of sp³-hybridized carbons (Fsp3) is 0.467. The van der Waals surface area contributed by atoms with E-state index in [1.54, 1.807) is 25.1 Å². The van der Waals surface area contributed by atoms with Gasteiger partial charge in [0, 0.05) is 5.56 Å². The molecule has 0 aromatic heterocycles. The largest absolute Gasteiger partial charge is 0.484 e. The number of nitrogens with zero attached hydrogens (tertiary/aromatic N) is 1. The minimum Gasteiger partial charge on any atom is -0.484 e. The van der Waals surface area contributed by atoms with Gasteiger partial charge in [-0.2, -0.15) is 5.26 Å². The number of carbonyl (C=O) groups is 1. The van der Waals surface area contributed by atoms with Crippen molar-refractivity contribution in [1.82, 2.24) is 5.32 Å². The van der Waals surface area contributed by atoms with E-state index in [0.717, 1.165) is 11.3 Å². The van der Waals surface area contributed by atoms with Crippen LogP contribution in [0.5, 0.6) is 5.75 Å². The smallest absolute Gasteiger partial charge is 0.323 e. The molecular formula is C15H16N2O3. The third kappa shape index (κ3) is 1.84. The third-order valence-corrected chi connectivity index (χ3v) is 3.86. The molecule has 104 valence electrons. The minimum atomic E-state index is -0.616. The average molecular weight is 272 g/mol. The number of nitrogens with one attached hydrogen (secondary N) is 1. The quantitative estimate of drug-likeness (QED) is 0.727. The molecule has 2 heterocycles. The van der Waals surface area contributed by atoms with Crippen LogP contribution in [0.1, 0.15) is 37.9 Å². The highest BCUT2D eigenvalue weighted by Crippen LogP contribution is 2.43. The van der Waals surface area contributed by atoms with Crippen molar-refractivity contribution in [2.24, 2.45) is 0 Å². The van der Waals surface area contributed by atoms with E-state index in [0.29, 0.717) is 5.56 Å². The molecule has 5 heteroatoms. The number of nitriles is 1. The number of benzene rings is 1. The second-order valence-corrected chi connectivity index (χ2v) is 5.79. The van der Waals surface area contributed by atoms with Crippen LogP contribution in [0.25, 0.3) is 0 Å². The Kier molecular flexibility index (Phi) is 2.73. The zero-order chi connectivity index (χ0) is 14.5. The molecule has 20 heavy (non-hydrogen) atoms. The first-order chi connectivity index (χ1) is 9.42. The molecule has 0 spiro atoms. The first-order valence-electron chi connectivity index (χ1n) is 6.62. The number of fused-ring (bicyclic) bond motifs is 3. The summed E-state index contributed by atoms with van der Waals surface area (Å²) in [5.74, 6) is 0.454. The van der Waals surface area contributed by atoms with Crippen LogP contribution in [-0.2, 0) is 9.53 Å². The van der Waals surface area contributed by atoms with Gasteiger partial charge in [-0.05, 0) is 39.0 Å². The Morgan fingerprint density at radius 3 is 2.85 bits per heavy atom. The van der Waals surface area contributed by atoms with E-state index in [1.165, 1.54) is 0 Å². The molecule has 1 aromatic carbocycles. The molecular weight excluding hydrogens is 256 g/mol. The fourth-order valence-electron chi connectivity index (χ4n) is 2.81. The van der Waals surface area contributed by atoms with Crippen LogP contribution >= 0.6 is 0 Å². The van der Waals surface area contributed by atoms with Crippen molar-refractivity contribution in [3.8, 4) is 11.8 Å². The summed E-state index contributed by atoms with van der Waals surface area (Å²) in [6.07, 6.45) is -0.410. The first-order valence-corrected chi connectivity index (χ1v) is 6.62. The number of carbonyl (C=O) groups excluding carboxylic acids is 1. The van der Waals surface area contributed by atoms with E-state index in [2.05, 4.69) is 11.4 Å². The minimum absolute atomic E-state index is 0.158. The van der Waals surface area contributed by atoms with Crippen molar-refractivity contribution in [2.45, 2.75) is 44.6 Å². The maximum Gasteiger partial charge on any atom is 0.323 e. The van der Waals surface area contributed by atoms with Gasteiger partial charge in [-0.25, -0.2) is 0 Å². The van der Waals surface area contributed by atoms with Gasteiger partial charge in [-0.1, -0.05) is 0 Å². The molecule has 2 aliphatic rings. The standard InChI is InChI=1S/C15H16N2O3/c1-8-14(18)19-13-12(17-8)10-6-9(7-16)4-5-11(10)20-15(13,2)3/h4-6,8,12-13,17H,1-3H3/t8-,12-,13+/m0/s1. The number of ether oxygens (including phenoxy) is 2. The fourth-order valence-corrected chi connectivity index (χ4v) is 2.81. The molecule has 1 aromatic rings. The van der Waals surface area contributed by atoms with Gasteiger partial charge in [-0.15, -0.1) is 0 Å². The molecule has 1 N–H and O–H groups in total. The van der Waals surface area contributed by atoms with Crippen molar-refractivity contribution in [1.29, 1.82) is 5.26 Å². The molecule has 3 atom stereocenters. The van der Waals surface area contributed by atoms with Crippen LogP contribution in [0, 0.1) is 11.3 Å². The van der Waals surface area contributed by atoms with E-state index < -0.39 is 11.7 Å². The van der Waals surface area contributed by atoms with Crippen molar-refractivity contribution >= 4 is 5.97 Å². The van der Waals surface area contributed by atoms with Crippen LogP contribution in [0.4, 0.5) is 0 Å². The summed E-state index contributed by atoms with van der Waals surface area (Å²) in [5, 5.41) is 12.3. The Balaban J connectivity index is 2.10. The Morgan fingerprint density at radius 1 is 1.40 bits per heavy atom. The maximum absolute atomic E-state index is 11.8. The zero-order valence-electron chi connectivity index (χ0n) is 11.6. The van der Waals surface area contributed by atoms with E-state index >= 15 is 0 Å². The average Bonchev–Trinajstić information content (AvgIpc) is 2.40. The molecule has 0 bridgehead atoms. The van der Waals surface area contributed by atoms with E-state index in [4.69, 9.17) is 14.7 Å². The second kappa shape index (κ2) is 4.22. The highest BCUT2D eigenvalue weighted by molar-refractivity contribution is 5.77. The van der Waals surface area contributed by atoms with E-state index in [-0.39, 0.29) is 18.1 Å². The number of rotatable bonds is 0. The van der Waals surface area contributed by atoms with Gasteiger partial charge in [-0.3, -0.25) is 10.1 Å². The van der Waals surface area contributed by atoms with Gasteiger partial charge in [0.2, 0.25) is 0 Å². The van der Waals surface area contributed by atoms with Crippen LogP contribution in [0.2, 0.25) is 0 Å². The highest BCUT2D eigenvalue weighted by atomic mass is 16.6. The monoisotopic (exact) mass is 272 g/mol. The van der Waals surface area contributed by atoms with Gasteiger partial charge in [0.15, 0.2) is 6.10 Å². The molecule has 0 saturated carbocycles. The lowest BCUT2D eigenvalue weighted by Gasteiger charge is -2.47. The summed E-state index contributed by atoms with van der Waals surface area (Å²) in [6, 6.07) is 6.92. The highest BCUT2D eigenvalue weighted by Gasteiger charge is 2.50. The molecule has 1 fully saturated rings. The number of esters is 1. The summed E-state index contributed by atoms with van der Waals surface area (Å²) < 4.78 is 11.5. The Bertz CT molecular complexity index is 618. The van der Waals surface area contributed by atoms with Crippen LogP contribution in [0.3, 0.4) is 0 Å².